The first-order chi connectivity index (χ1) is 11.9. The smallest absolute Gasteiger partial charge is 0.277 e. The highest BCUT2D eigenvalue weighted by atomic mass is 16.6. The summed E-state index contributed by atoms with van der Waals surface area (Å²) in [6.07, 6.45) is 1.39. The Bertz CT molecular complexity index is 810. The molecule has 0 unspecified atom stereocenters. The zero-order valence-corrected chi connectivity index (χ0v) is 13.7. The molecule has 0 saturated heterocycles. The summed E-state index contributed by atoms with van der Waals surface area (Å²) in [5, 5.41) is 23.9. The molecule has 0 heterocycles. The molecule has 2 rings (SSSR count). The van der Waals surface area contributed by atoms with Crippen LogP contribution in [0.1, 0.15) is 16.7 Å². The van der Waals surface area contributed by atoms with Gasteiger partial charge in [0.25, 0.3) is 11.6 Å². The summed E-state index contributed by atoms with van der Waals surface area (Å²) in [5.74, 6) is 0.0500. The highest BCUT2D eigenvalue weighted by molar-refractivity contribution is 5.83. The van der Waals surface area contributed by atoms with Crippen molar-refractivity contribution in [3.8, 4) is 11.5 Å². The fourth-order valence-electron chi connectivity index (χ4n) is 2.21. The molecule has 130 valence electrons. The van der Waals surface area contributed by atoms with Crippen LogP contribution < -0.4 is 10.2 Å². The number of benzene rings is 2. The predicted molar refractivity (Wildman–Crippen MR) is 91.9 cm³/mol. The number of phenols is 1. The molecule has 0 aliphatic carbocycles. The maximum atomic E-state index is 11.8. The van der Waals surface area contributed by atoms with E-state index in [1.165, 1.54) is 30.5 Å². The molecule has 2 aromatic rings. The fourth-order valence-corrected chi connectivity index (χ4v) is 2.21. The third-order valence-electron chi connectivity index (χ3n) is 3.28. The van der Waals surface area contributed by atoms with Crippen molar-refractivity contribution in [3.63, 3.8) is 0 Å². The van der Waals surface area contributed by atoms with E-state index in [0.717, 1.165) is 0 Å². The molecule has 2 N–H and O–H groups in total. The molecule has 0 bridgehead atoms. The van der Waals surface area contributed by atoms with Gasteiger partial charge in [0.15, 0.2) is 6.61 Å². The van der Waals surface area contributed by atoms with Gasteiger partial charge in [0.05, 0.1) is 11.1 Å². The van der Waals surface area contributed by atoms with Crippen molar-refractivity contribution in [2.45, 2.75) is 13.8 Å². The maximum Gasteiger partial charge on any atom is 0.277 e. The molecule has 0 fully saturated rings. The Kier molecular flexibility index (Phi) is 5.67. The third kappa shape index (κ3) is 5.03. The van der Waals surface area contributed by atoms with Crippen LogP contribution in [0, 0.1) is 24.0 Å². The molecule has 2 aromatic carbocycles. The number of hydrazone groups is 1. The molecule has 0 aliphatic heterocycles. The predicted octanol–water partition coefficient (Wildman–Crippen LogP) is 2.45. The number of nitrogens with zero attached hydrogens (tertiary/aromatic N) is 2. The second kappa shape index (κ2) is 7.91. The Hall–Kier alpha value is -3.42. The van der Waals surface area contributed by atoms with Crippen LogP contribution in [0.4, 0.5) is 5.69 Å². The van der Waals surface area contributed by atoms with Crippen LogP contribution in [0.5, 0.6) is 11.5 Å². The molecule has 0 spiro atoms. The Labute approximate surface area is 143 Å². The van der Waals surface area contributed by atoms with Gasteiger partial charge in [0, 0.05) is 12.1 Å². The highest BCUT2D eigenvalue weighted by Gasteiger charge is 2.14. The van der Waals surface area contributed by atoms with Crippen molar-refractivity contribution in [2.24, 2.45) is 5.10 Å². The number of nitrogens with one attached hydrogen (secondary N) is 1. The normalized spacial score (nSPS) is 10.6. The van der Waals surface area contributed by atoms with Gasteiger partial charge >= 0.3 is 0 Å². The minimum Gasteiger partial charge on any atom is -0.508 e. The lowest BCUT2D eigenvalue weighted by Gasteiger charge is -2.11. The van der Waals surface area contributed by atoms with E-state index >= 15 is 0 Å². The standard InChI is InChI=1S/C17H17N3O5/c1-11-6-14(20(23)24)7-12(2)17(11)25-10-16(22)19-18-9-13-4-3-5-15(21)8-13/h3-9,21H,10H2,1-2H3,(H,19,22)/b18-9-. The van der Waals surface area contributed by atoms with E-state index in [-0.39, 0.29) is 18.0 Å². The summed E-state index contributed by atoms with van der Waals surface area (Å²) in [6.45, 7) is 3.07. The fraction of sp³-hybridized carbons (Fsp3) is 0.176. The van der Waals surface area contributed by atoms with Crippen molar-refractivity contribution in [1.29, 1.82) is 0 Å². The summed E-state index contributed by atoms with van der Waals surface area (Å²) in [5.41, 5.74) is 4.05. The van der Waals surface area contributed by atoms with E-state index in [0.29, 0.717) is 22.4 Å². The lowest BCUT2D eigenvalue weighted by atomic mass is 10.1. The third-order valence-corrected chi connectivity index (χ3v) is 3.28. The number of nitro benzene ring substituents is 1. The molecule has 0 aromatic heterocycles. The molecule has 0 saturated carbocycles. The van der Waals surface area contributed by atoms with Crippen LogP contribution in [0.25, 0.3) is 0 Å². The maximum absolute atomic E-state index is 11.8. The van der Waals surface area contributed by atoms with Crippen LogP contribution in [0.15, 0.2) is 41.5 Å². The van der Waals surface area contributed by atoms with Crippen molar-refractivity contribution < 1.29 is 19.6 Å². The zero-order chi connectivity index (χ0) is 18.4. The van der Waals surface area contributed by atoms with Crippen molar-refractivity contribution in [1.82, 2.24) is 5.43 Å². The van der Waals surface area contributed by atoms with Crippen molar-refractivity contribution >= 4 is 17.8 Å². The quantitative estimate of drug-likeness (QED) is 0.475. The van der Waals surface area contributed by atoms with Gasteiger partial charge in [0.1, 0.15) is 11.5 Å². The topological polar surface area (TPSA) is 114 Å². The summed E-state index contributed by atoms with van der Waals surface area (Å²) in [7, 11) is 0. The van der Waals surface area contributed by atoms with Crippen molar-refractivity contribution in [3.05, 3.63) is 63.2 Å². The van der Waals surface area contributed by atoms with Gasteiger partial charge in [-0.2, -0.15) is 5.10 Å². The van der Waals surface area contributed by atoms with Gasteiger partial charge in [-0.3, -0.25) is 14.9 Å². The summed E-state index contributed by atoms with van der Waals surface area (Å²) in [6, 6.07) is 9.17. The largest absolute Gasteiger partial charge is 0.508 e. The first kappa shape index (κ1) is 17.9. The van der Waals surface area contributed by atoms with E-state index < -0.39 is 10.8 Å². The number of hydrogen-bond donors (Lipinski definition) is 2. The van der Waals surface area contributed by atoms with Crippen LogP contribution in [-0.4, -0.2) is 28.8 Å². The monoisotopic (exact) mass is 343 g/mol. The van der Waals surface area contributed by atoms with E-state index in [4.69, 9.17) is 4.74 Å². The SMILES string of the molecule is Cc1cc([N+](=O)[O-])cc(C)c1OCC(=O)N/N=C\c1cccc(O)c1. The van der Waals surface area contributed by atoms with Crippen LogP contribution in [0.2, 0.25) is 0 Å². The van der Waals surface area contributed by atoms with Gasteiger partial charge in [-0.25, -0.2) is 5.43 Å². The average Bonchev–Trinajstić information content (AvgIpc) is 2.54. The first-order valence-corrected chi connectivity index (χ1v) is 7.36. The lowest BCUT2D eigenvalue weighted by molar-refractivity contribution is -0.385. The van der Waals surface area contributed by atoms with E-state index in [1.54, 1.807) is 26.0 Å². The molecule has 1 amide bonds. The van der Waals surface area contributed by atoms with Gasteiger partial charge in [0.2, 0.25) is 0 Å². The van der Waals surface area contributed by atoms with E-state index in [1.807, 2.05) is 0 Å². The van der Waals surface area contributed by atoms with Gasteiger partial charge in [-0.15, -0.1) is 0 Å². The minimum atomic E-state index is -0.480. The zero-order valence-electron chi connectivity index (χ0n) is 13.7. The number of phenolic OH excluding ortho intramolecular Hbond substituents is 1. The Morgan fingerprint density at radius 1 is 1.32 bits per heavy atom. The lowest BCUT2D eigenvalue weighted by Crippen LogP contribution is -2.25. The van der Waals surface area contributed by atoms with Crippen LogP contribution in [0.3, 0.4) is 0 Å². The summed E-state index contributed by atoms with van der Waals surface area (Å²) < 4.78 is 5.44. The number of aromatic hydroxyl groups is 1. The molecule has 8 heteroatoms. The molecule has 25 heavy (non-hydrogen) atoms. The van der Waals surface area contributed by atoms with Gasteiger partial charge < -0.3 is 9.84 Å². The minimum absolute atomic E-state index is 0.0254. The Morgan fingerprint density at radius 3 is 2.60 bits per heavy atom. The number of ether oxygens (including phenoxy) is 1. The number of non-ortho nitro benzene ring substituents is 1. The van der Waals surface area contributed by atoms with Gasteiger partial charge in [-0.1, -0.05) is 12.1 Å². The molecule has 8 nitrogen and oxygen atoms in total. The number of carbonyl (C=O) groups excluding carboxylic acids is 1. The molecular weight excluding hydrogens is 326 g/mol. The van der Waals surface area contributed by atoms with E-state index in [2.05, 4.69) is 10.5 Å². The second-order valence-electron chi connectivity index (χ2n) is 5.34. The summed E-state index contributed by atoms with van der Waals surface area (Å²) >= 11 is 0. The Morgan fingerprint density at radius 2 is 2.00 bits per heavy atom. The van der Waals surface area contributed by atoms with Crippen molar-refractivity contribution in [2.75, 3.05) is 6.61 Å². The number of aryl methyl sites for hydroxylation is 2. The number of hydrogen-bond acceptors (Lipinski definition) is 6. The highest BCUT2D eigenvalue weighted by Crippen LogP contribution is 2.28. The molecular formula is C17H17N3O5. The number of nitro groups is 1. The second-order valence-corrected chi connectivity index (χ2v) is 5.34. The van der Waals surface area contributed by atoms with E-state index in [9.17, 15) is 20.0 Å². The average molecular weight is 343 g/mol. The molecule has 0 atom stereocenters. The van der Waals surface area contributed by atoms with Crippen LogP contribution >= 0.6 is 0 Å². The molecule has 0 radical (unpaired) electrons. The number of amides is 1. The number of carbonyl (C=O) groups is 1. The Balaban J connectivity index is 1.93. The molecule has 0 aliphatic rings. The van der Waals surface area contributed by atoms with Gasteiger partial charge in [-0.05, 0) is 42.7 Å². The van der Waals surface area contributed by atoms with Crippen LogP contribution in [-0.2, 0) is 4.79 Å². The summed E-state index contributed by atoms with van der Waals surface area (Å²) in [4.78, 5) is 22.1. The number of rotatable bonds is 6. The first-order valence-electron chi connectivity index (χ1n) is 7.36.